The highest BCUT2D eigenvalue weighted by Crippen LogP contribution is 2.34. The van der Waals surface area contributed by atoms with Gasteiger partial charge in [-0.1, -0.05) is 68.4 Å². The molecule has 0 spiro atoms. The third-order valence-corrected chi connectivity index (χ3v) is 6.41. The van der Waals surface area contributed by atoms with Gasteiger partial charge in [0, 0.05) is 18.0 Å². The largest absolute Gasteiger partial charge is 0.481 e. The van der Waals surface area contributed by atoms with Crippen LogP contribution < -0.4 is 0 Å². The van der Waals surface area contributed by atoms with E-state index in [1.54, 1.807) is 0 Å². The second-order valence-electron chi connectivity index (χ2n) is 8.70. The molecule has 33 heavy (non-hydrogen) atoms. The van der Waals surface area contributed by atoms with Crippen molar-refractivity contribution >= 4 is 17.1 Å². The zero-order valence-corrected chi connectivity index (χ0v) is 19.7. The molecule has 2 aromatic heterocycles. The minimum Gasteiger partial charge on any atom is -0.481 e. The van der Waals surface area contributed by atoms with Crippen LogP contribution in [-0.4, -0.2) is 25.6 Å². The lowest BCUT2D eigenvalue weighted by Gasteiger charge is -2.24. The molecule has 2 atom stereocenters. The first-order valence-corrected chi connectivity index (χ1v) is 11.6. The van der Waals surface area contributed by atoms with Gasteiger partial charge in [0.25, 0.3) is 0 Å². The molecular weight excluding hydrogens is 410 g/mol. The number of aliphatic carboxylic acids is 1. The third kappa shape index (κ3) is 4.54. The Morgan fingerprint density at radius 1 is 0.970 bits per heavy atom. The van der Waals surface area contributed by atoms with Crippen LogP contribution in [0.15, 0.2) is 60.7 Å². The number of pyridine rings is 1. The van der Waals surface area contributed by atoms with E-state index in [0.29, 0.717) is 13.0 Å². The first-order chi connectivity index (χ1) is 15.9. The van der Waals surface area contributed by atoms with Crippen LogP contribution in [0.1, 0.15) is 60.0 Å². The van der Waals surface area contributed by atoms with Crippen LogP contribution in [0.2, 0.25) is 0 Å². The van der Waals surface area contributed by atoms with Crippen LogP contribution in [0, 0.1) is 19.8 Å². The molecule has 0 bridgehead atoms. The number of hydrogen-bond acceptors (Lipinski definition) is 3. The summed E-state index contributed by atoms with van der Waals surface area (Å²) in [5.41, 5.74) is 7.22. The maximum absolute atomic E-state index is 12.0. The zero-order chi connectivity index (χ0) is 23.5. The summed E-state index contributed by atoms with van der Waals surface area (Å²) in [6.07, 6.45) is 1.40. The fourth-order valence-corrected chi connectivity index (χ4v) is 4.77. The summed E-state index contributed by atoms with van der Waals surface area (Å²) in [4.78, 5) is 21.6. The second-order valence-corrected chi connectivity index (χ2v) is 8.70. The van der Waals surface area contributed by atoms with E-state index >= 15 is 0 Å². The Morgan fingerprint density at radius 2 is 1.64 bits per heavy atom. The summed E-state index contributed by atoms with van der Waals surface area (Å²) in [6, 6.07) is 20.4. The number of aryl methyl sites for hydroxylation is 3. The van der Waals surface area contributed by atoms with Gasteiger partial charge in [0.2, 0.25) is 0 Å². The fraction of sp³-hybridized carbons (Fsp3) is 0.321. The van der Waals surface area contributed by atoms with Crippen LogP contribution in [0.25, 0.3) is 11.2 Å². The molecule has 170 valence electrons. The average molecular weight is 442 g/mol. The highest BCUT2D eigenvalue weighted by Gasteiger charge is 2.29. The molecule has 0 saturated carbocycles. The predicted molar refractivity (Wildman–Crippen MR) is 132 cm³/mol. The normalized spacial score (nSPS) is 13.2. The fourth-order valence-electron chi connectivity index (χ4n) is 4.77. The van der Waals surface area contributed by atoms with Gasteiger partial charge in [-0.05, 0) is 48.6 Å². The number of carboxylic acids is 1. The average Bonchev–Trinajstić information content (AvgIpc) is 3.16. The molecule has 0 saturated heterocycles. The van der Waals surface area contributed by atoms with Crippen LogP contribution in [0.3, 0.4) is 0 Å². The van der Waals surface area contributed by atoms with Crippen LogP contribution in [-0.2, 0) is 17.8 Å². The van der Waals surface area contributed by atoms with Gasteiger partial charge in [-0.3, -0.25) is 4.79 Å². The summed E-state index contributed by atoms with van der Waals surface area (Å²) >= 11 is 0. The molecule has 0 aliphatic carbocycles. The van der Waals surface area contributed by atoms with E-state index in [9.17, 15) is 9.90 Å². The van der Waals surface area contributed by atoms with Crippen molar-refractivity contribution in [3.05, 3.63) is 94.4 Å². The number of nitrogens with zero attached hydrogens (tertiary/aromatic N) is 3. The van der Waals surface area contributed by atoms with E-state index in [1.165, 1.54) is 0 Å². The molecule has 0 amide bonds. The topological polar surface area (TPSA) is 68.0 Å². The van der Waals surface area contributed by atoms with Crippen molar-refractivity contribution in [3.63, 3.8) is 0 Å². The van der Waals surface area contributed by atoms with Gasteiger partial charge in [-0.2, -0.15) is 0 Å². The lowest BCUT2D eigenvalue weighted by Crippen LogP contribution is -2.22. The number of benzene rings is 2. The summed E-state index contributed by atoms with van der Waals surface area (Å²) in [5, 5.41) is 9.88. The number of imidazole rings is 1. The first kappa shape index (κ1) is 22.7. The minimum atomic E-state index is -0.760. The van der Waals surface area contributed by atoms with E-state index in [2.05, 4.69) is 48.7 Å². The highest BCUT2D eigenvalue weighted by atomic mass is 16.4. The van der Waals surface area contributed by atoms with Gasteiger partial charge in [0.1, 0.15) is 11.3 Å². The molecule has 0 unspecified atom stereocenters. The Bertz CT molecular complexity index is 1260. The molecular formula is C28H31N3O2. The summed E-state index contributed by atoms with van der Waals surface area (Å²) in [5.74, 6) is -0.397. The number of hydrogen-bond donors (Lipinski definition) is 1. The Hall–Kier alpha value is -3.47. The Morgan fingerprint density at radius 3 is 2.24 bits per heavy atom. The van der Waals surface area contributed by atoms with Crippen molar-refractivity contribution in [1.29, 1.82) is 0 Å². The van der Waals surface area contributed by atoms with Crippen LogP contribution in [0.5, 0.6) is 0 Å². The molecule has 4 rings (SSSR count). The number of carbonyl (C=O) groups is 1. The van der Waals surface area contributed by atoms with Gasteiger partial charge >= 0.3 is 5.97 Å². The third-order valence-electron chi connectivity index (χ3n) is 6.41. The van der Waals surface area contributed by atoms with E-state index in [4.69, 9.17) is 9.97 Å². The van der Waals surface area contributed by atoms with Gasteiger partial charge in [-0.25, -0.2) is 9.97 Å². The molecule has 0 radical (unpaired) electrons. The van der Waals surface area contributed by atoms with Crippen molar-refractivity contribution in [2.75, 3.05) is 0 Å². The monoisotopic (exact) mass is 441 g/mol. The quantitative estimate of drug-likeness (QED) is 0.369. The SMILES string of the molecule is CCc1nc2c(C)cc(C)nc2n1Cc1ccc([C@@H](c2ccccc2)[C@H](CC)C(=O)O)cc1. The van der Waals surface area contributed by atoms with E-state index in [0.717, 1.165) is 51.4 Å². The van der Waals surface area contributed by atoms with Crippen LogP contribution in [0.4, 0.5) is 0 Å². The van der Waals surface area contributed by atoms with E-state index in [-0.39, 0.29) is 5.92 Å². The summed E-state index contributed by atoms with van der Waals surface area (Å²) in [7, 11) is 0. The summed E-state index contributed by atoms with van der Waals surface area (Å²) < 4.78 is 2.20. The standard InChI is InChI=1S/C28H31N3O2/c1-5-23(28(32)33)25(21-10-8-7-9-11-21)22-14-12-20(13-15-22)17-31-24(6-2)30-26-18(3)16-19(4)29-27(26)31/h7-16,23,25H,5-6,17H2,1-4H3,(H,32,33)/t23-,25+/m0/s1. The zero-order valence-electron chi connectivity index (χ0n) is 19.7. The van der Waals surface area contributed by atoms with Crippen molar-refractivity contribution in [2.45, 2.75) is 53.0 Å². The Balaban J connectivity index is 1.70. The number of rotatable bonds is 8. The Kier molecular flexibility index (Phi) is 6.59. The molecule has 0 aliphatic rings. The highest BCUT2D eigenvalue weighted by molar-refractivity contribution is 5.76. The molecule has 0 aliphatic heterocycles. The molecule has 5 heteroatoms. The van der Waals surface area contributed by atoms with E-state index in [1.807, 2.05) is 44.2 Å². The van der Waals surface area contributed by atoms with Gasteiger partial charge in [0.15, 0.2) is 5.65 Å². The van der Waals surface area contributed by atoms with Gasteiger partial charge < -0.3 is 9.67 Å². The van der Waals surface area contributed by atoms with Crippen molar-refractivity contribution in [3.8, 4) is 0 Å². The van der Waals surface area contributed by atoms with Crippen molar-refractivity contribution < 1.29 is 9.90 Å². The lowest BCUT2D eigenvalue weighted by molar-refractivity contribution is -0.142. The number of carboxylic acid groups (broad SMARTS) is 1. The molecule has 5 nitrogen and oxygen atoms in total. The van der Waals surface area contributed by atoms with Crippen molar-refractivity contribution in [1.82, 2.24) is 14.5 Å². The van der Waals surface area contributed by atoms with Gasteiger partial charge in [0.05, 0.1) is 12.5 Å². The van der Waals surface area contributed by atoms with Crippen molar-refractivity contribution in [2.24, 2.45) is 5.92 Å². The molecule has 4 aromatic rings. The first-order valence-electron chi connectivity index (χ1n) is 11.6. The molecule has 1 N–H and O–H groups in total. The lowest BCUT2D eigenvalue weighted by atomic mass is 9.79. The van der Waals surface area contributed by atoms with Crippen LogP contribution >= 0.6 is 0 Å². The number of aromatic nitrogens is 3. The molecule has 2 aromatic carbocycles. The molecule has 0 fully saturated rings. The maximum Gasteiger partial charge on any atom is 0.307 e. The van der Waals surface area contributed by atoms with E-state index < -0.39 is 11.9 Å². The number of fused-ring (bicyclic) bond motifs is 1. The maximum atomic E-state index is 12.0. The van der Waals surface area contributed by atoms with Gasteiger partial charge in [-0.15, -0.1) is 0 Å². The Labute approximate surface area is 195 Å². The summed E-state index contributed by atoms with van der Waals surface area (Å²) in [6.45, 7) is 8.84. The molecule has 2 heterocycles. The predicted octanol–water partition coefficient (Wildman–Crippen LogP) is 5.90. The minimum absolute atomic E-state index is 0.185. The smallest absolute Gasteiger partial charge is 0.307 e. The second kappa shape index (κ2) is 9.57.